The van der Waals surface area contributed by atoms with Crippen LogP contribution in [0.5, 0.6) is 0 Å². The zero-order valence-corrected chi connectivity index (χ0v) is 13.1. The highest BCUT2D eigenvalue weighted by molar-refractivity contribution is 7.89. The molecule has 0 amide bonds. The minimum absolute atomic E-state index is 0.0970. The molecule has 0 atom stereocenters. The van der Waals surface area contributed by atoms with Crippen LogP contribution in [0.2, 0.25) is 0 Å². The van der Waals surface area contributed by atoms with Gasteiger partial charge in [-0.3, -0.25) is 0 Å². The summed E-state index contributed by atoms with van der Waals surface area (Å²) in [5.74, 6) is 0.256. The van der Waals surface area contributed by atoms with Crippen molar-refractivity contribution < 1.29 is 8.42 Å². The van der Waals surface area contributed by atoms with Crippen LogP contribution in [0.25, 0.3) is 0 Å². The van der Waals surface area contributed by atoms with Crippen molar-refractivity contribution in [3.8, 4) is 0 Å². The molecule has 0 bridgehead atoms. The van der Waals surface area contributed by atoms with Gasteiger partial charge in [-0.15, -0.1) is 0 Å². The van der Waals surface area contributed by atoms with Crippen molar-refractivity contribution in [3.05, 3.63) is 29.8 Å². The number of benzene rings is 1. The molecule has 0 radical (unpaired) electrons. The average molecular weight is 300 g/mol. The first-order valence-corrected chi connectivity index (χ1v) is 8.04. The van der Waals surface area contributed by atoms with Crippen molar-refractivity contribution in [2.24, 2.45) is 11.7 Å². The molecule has 106 valence electrons. The highest BCUT2D eigenvalue weighted by atomic mass is 32.2. The second kappa shape index (κ2) is 6.45. The SMILES string of the molecule is CCN(CC(C)C)S(=O)(=O)c1ccccc1C(N)=S. The van der Waals surface area contributed by atoms with E-state index in [9.17, 15) is 8.42 Å². The number of hydrogen-bond acceptors (Lipinski definition) is 3. The number of thiocarbonyl (C=S) groups is 1. The van der Waals surface area contributed by atoms with Crippen LogP contribution in [0.3, 0.4) is 0 Å². The third-order valence-corrected chi connectivity index (χ3v) is 4.91. The van der Waals surface area contributed by atoms with Crippen molar-refractivity contribution in [2.45, 2.75) is 25.7 Å². The summed E-state index contributed by atoms with van der Waals surface area (Å²) in [5, 5.41) is 0. The molecule has 1 aromatic carbocycles. The van der Waals surface area contributed by atoms with Crippen LogP contribution in [0.1, 0.15) is 26.3 Å². The predicted molar refractivity (Wildman–Crippen MR) is 81.6 cm³/mol. The maximum Gasteiger partial charge on any atom is 0.243 e. The van der Waals surface area contributed by atoms with Gasteiger partial charge in [0.15, 0.2) is 0 Å². The van der Waals surface area contributed by atoms with Crippen LogP contribution in [0.4, 0.5) is 0 Å². The molecule has 0 saturated heterocycles. The minimum Gasteiger partial charge on any atom is -0.389 e. The van der Waals surface area contributed by atoms with E-state index in [0.29, 0.717) is 18.7 Å². The second-order valence-corrected chi connectivity index (χ2v) is 7.06. The van der Waals surface area contributed by atoms with E-state index in [1.54, 1.807) is 24.3 Å². The molecular weight excluding hydrogens is 280 g/mol. The molecule has 19 heavy (non-hydrogen) atoms. The molecule has 6 heteroatoms. The lowest BCUT2D eigenvalue weighted by atomic mass is 10.2. The summed E-state index contributed by atoms with van der Waals surface area (Å²) in [6, 6.07) is 6.59. The first kappa shape index (κ1) is 16.1. The van der Waals surface area contributed by atoms with E-state index in [1.165, 1.54) is 4.31 Å². The van der Waals surface area contributed by atoms with Crippen LogP contribution in [-0.2, 0) is 10.0 Å². The Bertz CT molecular complexity index is 554. The van der Waals surface area contributed by atoms with E-state index in [2.05, 4.69) is 0 Å². The van der Waals surface area contributed by atoms with Crippen molar-refractivity contribution in [2.75, 3.05) is 13.1 Å². The molecule has 0 aliphatic carbocycles. The van der Waals surface area contributed by atoms with E-state index < -0.39 is 10.0 Å². The Labute approximate surface area is 120 Å². The summed E-state index contributed by atoms with van der Waals surface area (Å²) in [5.41, 5.74) is 6.01. The standard InChI is InChI=1S/C13H20N2O2S2/c1-4-15(9-10(2)3)19(16,17)12-8-6-5-7-11(12)13(14)18/h5-8,10H,4,9H2,1-3H3,(H2,14,18). The Balaban J connectivity index is 3.30. The lowest BCUT2D eigenvalue weighted by molar-refractivity contribution is 0.381. The molecule has 0 aliphatic rings. The zero-order valence-electron chi connectivity index (χ0n) is 11.5. The summed E-state index contributed by atoms with van der Waals surface area (Å²) in [6.07, 6.45) is 0. The van der Waals surface area contributed by atoms with E-state index in [0.717, 1.165) is 0 Å². The highest BCUT2D eigenvalue weighted by Crippen LogP contribution is 2.21. The average Bonchev–Trinajstić information content (AvgIpc) is 2.35. The van der Waals surface area contributed by atoms with Crippen molar-refractivity contribution in [1.82, 2.24) is 4.31 Å². The largest absolute Gasteiger partial charge is 0.389 e. The molecule has 0 saturated carbocycles. The van der Waals surface area contributed by atoms with Gasteiger partial charge in [0.05, 0.1) is 4.90 Å². The summed E-state index contributed by atoms with van der Waals surface area (Å²) in [4.78, 5) is 0.282. The fourth-order valence-electron chi connectivity index (χ4n) is 1.84. The van der Waals surface area contributed by atoms with Gasteiger partial charge >= 0.3 is 0 Å². The van der Waals surface area contributed by atoms with Crippen LogP contribution >= 0.6 is 12.2 Å². The molecule has 0 aromatic heterocycles. The van der Waals surface area contributed by atoms with E-state index in [1.807, 2.05) is 20.8 Å². The fraction of sp³-hybridized carbons (Fsp3) is 0.462. The predicted octanol–water partition coefficient (Wildman–Crippen LogP) is 1.99. The Morgan fingerprint density at radius 2 is 1.95 bits per heavy atom. The van der Waals surface area contributed by atoms with Crippen molar-refractivity contribution >= 4 is 27.2 Å². The fourth-order valence-corrected chi connectivity index (χ4v) is 3.90. The minimum atomic E-state index is -3.56. The summed E-state index contributed by atoms with van der Waals surface area (Å²) in [7, 11) is -3.56. The maximum absolute atomic E-state index is 12.6. The first-order chi connectivity index (χ1) is 8.80. The lowest BCUT2D eigenvalue weighted by Crippen LogP contribution is -2.35. The molecular formula is C13H20N2O2S2. The first-order valence-electron chi connectivity index (χ1n) is 6.19. The monoisotopic (exact) mass is 300 g/mol. The second-order valence-electron chi connectivity index (χ2n) is 4.71. The normalized spacial score (nSPS) is 12.1. The number of nitrogens with two attached hydrogens (primary N) is 1. The summed E-state index contributed by atoms with van der Waals surface area (Å²) in [6.45, 7) is 6.69. The zero-order chi connectivity index (χ0) is 14.6. The van der Waals surface area contributed by atoms with E-state index >= 15 is 0 Å². The van der Waals surface area contributed by atoms with Gasteiger partial charge in [0, 0.05) is 18.7 Å². The summed E-state index contributed by atoms with van der Waals surface area (Å²) >= 11 is 4.92. The third-order valence-electron chi connectivity index (χ3n) is 2.69. The van der Waals surface area contributed by atoms with Gasteiger partial charge in [-0.05, 0) is 12.0 Å². The quantitative estimate of drug-likeness (QED) is 0.816. The molecule has 0 spiro atoms. The molecule has 0 aliphatic heterocycles. The molecule has 0 fully saturated rings. The van der Waals surface area contributed by atoms with Gasteiger partial charge in [0.25, 0.3) is 0 Å². The van der Waals surface area contributed by atoms with Gasteiger partial charge < -0.3 is 5.73 Å². The Kier molecular flexibility index (Phi) is 5.46. The molecule has 1 aromatic rings. The smallest absolute Gasteiger partial charge is 0.243 e. The van der Waals surface area contributed by atoms with Gasteiger partial charge in [-0.2, -0.15) is 4.31 Å². The van der Waals surface area contributed by atoms with E-state index in [4.69, 9.17) is 18.0 Å². The van der Waals surface area contributed by atoms with Gasteiger partial charge in [0.1, 0.15) is 4.99 Å². The lowest BCUT2D eigenvalue weighted by Gasteiger charge is -2.23. The molecule has 4 nitrogen and oxygen atoms in total. The topological polar surface area (TPSA) is 63.4 Å². The highest BCUT2D eigenvalue weighted by Gasteiger charge is 2.26. The van der Waals surface area contributed by atoms with Crippen LogP contribution in [-0.4, -0.2) is 30.8 Å². The van der Waals surface area contributed by atoms with Crippen molar-refractivity contribution in [3.63, 3.8) is 0 Å². The van der Waals surface area contributed by atoms with Crippen LogP contribution < -0.4 is 5.73 Å². The molecule has 2 N–H and O–H groups in total. The number of rotatable bonds is 6. The Morgan fingerprint density at radius 1 is 1.37 bits per heavy atom. The molecule has 0 heterocycles. The molecule has 0 unspecified atom stereocenters. The third kappa shape index (κ3) is 3.75. The van der Waals surface area contributed by atoms with Crippen molar-refractivity contribution in [1.29, 1.82) is 0 Å². The maximum atomic E-state index is 12.6. The molecule has 1 rings (SSSR count). The van der Waals surface area contributed by atoms with Gasteiger partial charge in [0.2, 0.25) is 10.0 Å². The number of sulfonamides is 1. The van der Waals surface area contributed by atoms with E-state index in [-0.39, 0.29) is 15.8 Å². The Morgan fingerprint density at radius 3 is 2.42 bits per heavy atom. The van der Waals surface area contributed by atoms with Crippen LogP contribution in [0.15, 0.2) is 29.2 Å². The number of hydrogen-bond donors (Lipinski definition) is 1. The van der Waals surface area contributed by atoms with Gasteiger partial charge in [-0.1, -0.05) is 51.2 Å². The van der Waals surface area contributed by atoms with Gasteiger partial charge in [-0.25, -0.2) is 8.42 Å². The van der Waals surface area contributed by atoms with Crippen LogP contribution in [0, 0.1) is 5.92 Å². The Hall–Kier alpha value is -0.980. The number of nitrogens with zero attached hydrogens (tertiary/aromatic N) is 1. The summed E-state index contributed by atoms with van der Waals surface area (Å²) < 4.78 is 26.7.